The fourth-order valence-corrected chi connectivity index (χ4v) is 3.86. The van der Waals surface area contributed by atoms with Crippen LogP contribution in [-0.2, 0) is 0 Å². The Morgan fingerprint density at radius 1 is 1.11 bits per heavy atom. The molecule has 2 unspecified atom stereocenters. The normalized spacial score (nSPS) is 30.5. The average Bonchev–Trinajstić information content (AvgIpc) is 2.33. The minimum atomic E-state index is -0.555. The van der Waals surface area contributed by atoms with Gasteiger partial charge in [-0.25, -0.2) is 8.78 Å². The van der Waals surface area contributed by atoms with Crippen LogP contribution in [0.4, 0.5) is 14.5 Å². The molecule has 2 fully saturated rings. The maximum absolute atomic E-state index is 14.1. The van der Waals surface area contributed by atoms with Gasteiger partial charge in [-0.05, 0) is 54.1 Å². The molecule has 104 valence electrons. The second-order valence-corrected chi connectivity index (χ2v) is 6.45. The van der Waals surface area contributed by atoms with Crippen molar-refractivity contribution < 1.29 is 8.78 Å². The van der Waals surface area contributed by atoms with E-state index in [2.05, 4.69) is 20.8 Å². The average molecular weight is 331 g/mol. The van der Waals surface area contributed by atoms with E-state index in [1.807, 2.05) is 0 Å². The Bertz CT molecular complexity index is 481. The smallest absolute Gasteiger partial charge is 0.149 e. The van der Waals surface area contributed by atoms with E-state index in [4.69, 9.17) is 5.73 Å². The largest absolute Gasteiger partial charge is 0.363 e. The van der Waals surface area contributed by atoms with Crippen molar-refractivity contribution in [2.24, 2.45) is 5.73 Å². The fraction of sp³-hybridized carbons (Fsp3) is 0.571. The summed E-state index contributed by atoms with van der Waals surface area (Å²) in [6.07, 6.45) is 5.04. The van der Waals surface area contributed by atoms with Crippen molar-refractivity contribution in [3.05, 3.63) is 28.2 Å². The van der Waals surface area contributed by atoms with Gasteiger partial charge in [0.2, 0.25) is 0 Å². The van der Waals surface area contributed by atoms with Gasteiger partial charge < -0.3 is 10.6 Å². The van der Waals surface area contributed by atoms with Crippen LogP contribution in [0.3, 0.4) is 0 Å². The van der Waals surface area contributed by atoms with Crippen LogP contribution in [-0.4, -0.2) is 18.1 Å². The summed E-state index contributed by atoms with van der Waals surface area (Å²) in [4.78, 5) is 2.13. The lowest BCUT2D eigenvalue weighted by Gasteiger charge is -2.49. The molecule has 2 heterocycles. The van der Waals surface area contributed by atoms with Crippen LogP contribution < -0.4 is 10.6 Å². The third kappa shape index (κ3) is 2.38. The number of piperidine rings is 2. The topological polar surface area (TPSA) is 29.3 Å². The van der Waals surface area contributed by atoms with Gasteiger partial charge in [0.15, 0.2) is 0 Å². The predicted octanol–water partition coefficient (Wildman–Crippen LogP) is 3.58. The molecule has 0 radical (unpaired) electrons. The lowest BCUT2D eigenvalue weighted by atomic mass is 9.81. The van der Waals surface area contributed by atoms with Gasteiger partial charge in [-0.15, -0.1) is 0 Å². The first-order valence-corrected chi connectivity index (χ1v) is 7.54. The molecular formula is C14H17BrF2N2. The monoisotopic (exact) mass is 330 g/mol. The van der Waals surface area contributed by atoms with Gasteiger partial charge in [-0.3, -0.25) is 0 Å². The highest BCUT2D eigenvalue weighted by Gasteiger charge is 2.38. The molecule has 0 aromatic heterocycles. The van der Waals surface area contributed by atoms with Gasteiger partial charge in [-0.2, -0.15) is 0 Å². The predicted molar refractivity (Wildman–Crippen MR) is 75.2 cm³/mol. The first kappa shape index (κ1) is 13.3. The molecular weight excluding hydrogens is 314 g/mol. The van der Waals surface area contributed by atoms with E-state index in [-0.39, 0.29) is 18.1 Å². The zero-order valence-corrected chi connectivity index (χ0v) is 12.2. The first-order chi connectivity index (χ1) is 9.06. The Morgan fingerprint density at radius 2 is 1.74 bits per heavy atom. The number of halogens is 3. The van der Waals surface area contributed by atoms with Crippen LogP contribution in [0.2, 0.25) is 0 Å². The van der Waals surface area contributed by atoms with Crippen molar-refractivity contribution in [1.29, 1.82) is 0 Å². The number of benzene rings is 1. The molecule has 0 aliphatic carbocycles. The first-order valence-electron chi connectivity index (χ1n) is 6.74. The molecule has 2 aliphatic heterocycles. The van der Waals surface area contributed by atoms with E-state index in [1.165, 1.54) is 6.42 Å². The standard InChI is InChI=1S/C14H17BrF2N2/c15-11-6-14(13(17)7-12(11)16)19-9-2-1-3-10(19)5-8(18)4-9/h6-10H,1-5,18H2. The lowest BCUT2D eigenvalue weighted by molar-refractivity contribution is 0.269. The summed E-state index contributed by atoms with van der Waals surface area (Å²) in [7, 11) is 0. The Kier molecular flexibility index (Phi) is 3.52. The summed E-state index contributed by atoms with van der Waals surface area (Å²) in [5.41, 5.74) is 6.58. The lowest BCUT2D eigenvalue weighted by Crippen LogP contribution is -2.55. The van der Waals surface area contributed by atoms with Crippen molar-refractivity contribution in [2.45, 2.75) is 50.2 Å². The molecule has 1 aromatic carbocycles. The van der Waals surface area contributed by atoms with Crippen LogP contribution in [0.15, 0.2) is 16.6 Å². The molecule has 2 aliphatic rings. The molecule has 19 heavy (non-hydrogen) atoms. The van der Waals surface area contributed by atoms with Crippen molar-refractivity contribution >= 4 is 21.6 Å². The summed E-state index contributed by atoms with van der Waals surface area (Å²) in [5.74, 6) is -1.03. The molecule has 2 nitrogen and oxygen atoms in total. The number of nitrogens with two attached hydrogens (primary N) is 1. The van der Waals surface area contributed by atoms with Gasteiger partial charge in [0.25, 0.3) is 0 Å². The second-order valence-electron chi connectivity index (χ2n) is 5.60. The third-order valence-electron chi connectivity index (χ3n) is 4.28. The van der Waals surface area contributed by atoms with Gasteiger partial charge in [0.05, 0.1) is 10.2 Å². The summed E-state index contributed by atoms with van der Waals surface area (Å²) < 4.78 is 27.8. The van der Waals surface area contributed by atoms with Gasteiger partial charge >= 0.3 is 0 Å². The minimum Gasteiger partial charge on any atom is -0.363 e. The number of fused-ring (bicyclic) bond motifs is 2. The number of hydrogen-bond acceptors (Lipinski definition) is 2. The number of nitrogens with zero attached hydrogens (tertiary/aromatic N) is 1. The van der Waals surface area contributed by atoms with E-state index in [9.17, 15) is 8.78 Å². The Labute approximate surface area is 120 Å². The van der Waals surface area contributed by atoms with E-state index < -0.39 is 11.6 Å². The van der Waals surface area contributed by atoms with Crippen LogP contribution in [0.1, 0.15) is 32.1 Å². The summed E-state index contributed by atoms with van der Waals surface area (Å²) in [6, 6.07) is 3.30. The second kappa shape index (κ2) is 5.02. The molecule has 2 N–H and O–H groups in total. The van der Waals surface area contributed by atoms with Crippen LogP contribution in [0.25, 0.3) is 0 Å². The van der Waals surface area contributed by atoms with Crippen LogP contribution in [0.5, 0.6) is 0 Å². The van der Waals surface area contributed by atoms with Gasteiger partial charge in [0, 0.05) is 24.2 Å². The number of anilines is 1. The molecule has 0 saturated carbocycles. The summed E-state index contributed by atoms with van der Waals surface area (Å²) in [5, 5.41) is 0. The van der Waals surface area contributed by atoms with Gasteiger partial charge in [0.1, 0.15) is 11.6 Å². The number of rotatable bonds is 1. The van der Waals surface area contributed by atoms with E-state index in [1.54, 1.807) is 6.07 Å². The SMILES string of the molecule is NC1CC2CCCC(C1)N2c1cc(Br)c(F)cc1F. The van der Waals surface area contributed by atoms with E-state index >= 15 is 0 Å². The van der Waals surface area contributed by atoms with Crippen molar-refractivity contribution in [3.8, 4) is 0 Å². The zero-order valence-electron chi connectivity index (χ0n) is 10.6. The van der Waals surface area contributed by atoms with Crippen molar-refractivity contribution in [2.75, 3.05) is 4.90 Å². The number of hydrogen-bond donors (Lipinski definition) is 1. The van der Waals surface area contributed by atoms with Gasteiger partial charge in [-0.1, -0.05) is 0 Å². The highest BCUT2D eigenvalue weighted by Crippen LogP contribution is 2.39. The quantitative estimate of drug-likeness (QED) is 0.797. The highest BCUT2D eigenvalue weighted by molar-refractivity contribution is 9.10. The van der Waals surface area contributed by atoms with Crippen molar-refractivity contribution in [3.63, 3.8) is 0 Å². The Hall–Kier alpha value is -0.680. The van der Waals surface area contributed by atoms with Crippen LogP contribution >= 0.6 is 15.9 Å². The zero-order chi connectivity index (χ0) is 13.6. The van der Waals surface area contributed by atoms with Crippen LogP contribution in [0, 0.1) is 11.6 Å². The molecule has 2 saturated heterocycles. The Balaban J connectivity index is 1.99. The molecule has 2 atom stereocenters. The third-order valence-corrected chi connectivity index (χ3v) is 4.89. The Morgan fingerprint density at radius 3 is 2.37 bits per heavy atom. The van der Waals surface area contributed by atoms with E-state index in [0.717, 1.165) is 31.7 Å². The molecule has 3 rings (SSSR count). The molecule has 1 aromatic rings. The molecule has 0 amide bonds. The van der Waals surface area contributed by atoms with Crippen molar-refractivity contribution in [1.82, 2.24) is 0 Å². The minimum absolute atomic E-state index is 0.207. The molecule has 2 bridgehead atoms. The molecule has 0 spiro atoms. The summed E-state index contributed by atoms with van der Waals surface area (Å²) in [6.45, 7) is 0. The fourth-order valence-electron chi connectivity index (χ4n) is 3.53. The maximum Gasteiger partial charge on any atom is 0.149 e. The summed E-state index contributed by atoms with van der Waals surface area (Å²) >= 11 is 3.15. The highest BCUT2D eigenvalue weighted by atomic mass is 79.9. The molecule has 5 heteroatoms. The van der Waals surface area contributed by atoms with E-state index in [0.29, 0.717) is 10.2 Å². The maximum atomic E-state index is 14.1.